The van der Waals surface area contributed by atoms with Crippen LogP contribution in [0, 0.1) is 5.92 Å². The summed E-state index contributed by atoms with van der Waals surface area (Å²) in [5, 5.41) is 0. The highest BCUT2D eigenvalue weighted by atomic mass is 16.5. The molecule has 0 amide bonds. The van der Waals surface area contributed by atoms with E-state index in [9.17, 15) is 0 Å². The van der Waals surface area contributed by atoms with Gasteiger partial charge in [-0.3, -0.25) is 0 Å². The summed E-state index contributed by atoms with van der Waals surface area (Å²) in [6, 6.07) is 1.66. The third-order valence-electron chi connectivity index (χ3n) is 1.82. The Balaban J connectivity index is 2.79. The maximum atomic E-state index is 5.67. The van der Waals surface area contributed by atoms with Gasteiger partial charge in [0.15, 0.2) is 0 Å². The summed E-state index contributed by atoms with van der Waals surface area (Å²) < 4.78 is 5.51. The zero-order valence-electron chi connectivity index (χ0n) is 9.82. The molecular formula is C11H19N3O. The van der Waals surface area contributed by atoms with Crippen LogP contribution >= 0.6 is 0 Å². The summed E-state index contributed by atoms with van der Waals surface area (Å²) in [4.78, 5) is 8.44. The van der Waals surface area contributed by atoms with Gasteiger partial charge in [-0.1, -0.05) is 27.7 Å². The summed E-state index contributed by atoms with van der Waals surface area (Å²) in [6.45, 7) is 8.89. The van der Waals surface area contributed by atoms with Crippen molar-refractivity contribution in [2.45, 2.75) is 33.6 Å². The fourth-order valence-electron chi connectivity index (χ4n) is 1.05. The first-order chi connectivity index (χ1) is 6.99. The van der Waals surface area contributed by atoms with Crippen LogP contribution < -0.4 is 10.5 Å². The van der Waals surface area contributed by atoms with Crippen LogP contribution in [0.1, 0.15) is 39.4 Å². The molecule has 0 aromatic carbocycles. The van der Waals surface area contributed by atoms with Crippen molar-refractivity contribution in [3.63, 3.8) is 0 Å². The van der Waals surface area contributed by atoms with Gasteiger partial charge in [-0.15, -0.1) is 0 Å². The Morgan fingerprint density at radius 3 is 2.47 bits per heavy atom. The number of nitrogens with two attached hydrogens (primary N) is 1. The molecule has 0 saturated carbocycles. The summed E-state index contributed by atoms with van der Waals surface area (Å²) in [5.41, 5.74) is 5.67. The summed E-state index contributed by atoms with van der Waals surface area (Å²) in [5.74, 6) is 2.50. The lowest BCUT2D eigenvalue weighted by Gasteiger charge is -2.10. The van der Waals surface area contributed by atoms with Gasteiger partial charge < -0.3 is 10.5 Å². The average molecular weight is 209 g/mol. The van der Waals surface area contributed by atoms with Crippen LogP contribution in [-0.4, -0.2) is 16.6 Å². The molecule has 1 rings (SSSR count). The molecule has 0 saturated heterocycles. The lowest BCUT2D eigenvalue weighted by molar-refractivity contribution is 0.260. The van der Waals surface area contributed by atoms with Crippen molar-refractivity contribution in [3.05, 3.63) is 11.9 Å². The van der Waals surface area contributed by atoms with Crippen molar-refractivity contribution in [3.8, 4) is 5.88 Å². The quantitative estimate of drug-likeness (QED) is 0.826. The minimum Gasteiger partial charge on any atom is -0.477 e. The van der Waals surface area contributed by atoms with Gasteiger partial charge in [-0.2, -0.15) is 4.98 Å². The smallest absolute Gasteiger partial charge is 0.218 e. The molecular weight excluding hydrogens is 190 g/mol. The highest BCUT2D eigenvalue weighted by molar-refractivity contribution is 5.33. The first-order valence-corrected chi connectivity index (χ1v) is 5.26. The number of anilines is 1. The van der Waals surface area contributed by atoms with E-state index in [1.165, 1.54) is 0 Å². The number of ether oxygens (including phenoxy) is 1. The molecule has 15 heavy (non-hydrogen) atoms. The molecule has 84 valence electrons. The van der Waals surface area contributed by atoms with Crippen LogP contribution in [0.3, 0.4) is 0 Å². The van der Waals surface area contributed by atoms with Crippen LogP contribution in [0.4, 0.5) is 5.82 Å². The van der Waals surface area contributed by atoms with E-state index < -0.39 is 0 Å². The second-order valence-corrected chi connectivity index (χ2v) is 4.35. The Bertz CT molecular complexity index is 324. The first kappa shape index (κ1) is 11.8. The predicted molar refractivity (Wildman–Crippen MR) is 60.9 cm³/mol. The molecule has 1 heterocycles. The summed E-state index contributed by atoms with van der Waals surface area (Å²) >= 11 is 0. The maximum absolute atomic E-state index is 5.67. The number of hydrogen-bond acceptors (Lipinski definition) is 4. The van der Waals surface area contributed by atoms with Crippen LogP contribution in [0.2, 0.25) is 0 Å². The van der Waals surface area contributed by atoms with Crippen molar-refractivity contribution in [2.24, 2.45) is 5.92 Å². The lowest BCUT2D eigenvalue weighted by atomic mass is 10.2. The molecule has 0 unspecified atom stereocenters. The zero-order chi connectivity index (χ0) is 11.4. The fourth-order valence-corrected chi connectivity index (χ4v) is 1.05. The Kier molecular flexibility index (Phi) is 3.88. The van der Waals surface area contributed by atoms with E-state index >= 15 is 0 Å². The van der Waals surface area contributed by atoms with Crippen LogP contribution in [0.25, 0.3) is 0 Å². The minimum absolute atomic E-state index is 0.259. The number of aromatic nitrogens is 2. The van der Waals surface area contributed by atoms with Gasteiger partial charge in [0, 0.05) is 12.0 Å². The molecule has 0 aliphatic rings. The molecule has 0 aliphatic carbocycles. The monoisotopic (exact) mass is 209 g/mol. The van der Waals surface area contributed by atoms with Crippen molar-refractivity contribution < 1.29 is 4.74 Å². The van der Waals surface area contributed by atoms with E-state index in [2.05, 4.69) is 23.8 Å². The summed E-state index contributed by atoms with van der Waals surface area (Å²) in [7, 11) is 0. The molecule has 0 bridgehead atoms. The number of rotatable bonds is 4. The highest BCUT2D eigenvalue weighted by Gasteiger charge is 2.07. The number of hydrogen-bond donors (Lipinski definition) is 1. The molecule has 0 fully saturated rings. The number of nitrogens with zero attached hydrogens (tertiary/aromatic N) is 2. The van der Waals surface area contributed by atoms with Gasteiger partial charge in [0.2, 0.25) is 5.88 Å². The van der Waals surface area contributed by atoms with Gasteiger partial charge in [0.05, 0.1) is 6.61 Å². The van der Waals surface area contributed by atoms with E-state index in [0.717, 1.165) is 5.82 Å². The van der Waals surface area contributed by atoms with Gasteiger partial charge >= 0.3 is 0 Å². The Morgan fingerprint density at radius 1 is 1.27 bits per heavy atom. The van der Waals surface area contributed by atoms with E-state index in [1.807, 2.05) is 13.8 Å². The van der Waals surface area contributed by atoms with E-state index in [1.54, 1.807) is 6.07 Å². The van der Waals surface area contributed by atoms with E-state index in [-0.39, 0.29) is 5.92 Å². The Morgan fingerprint density at radius 2 is 1.93 bits per heavy atom. The van der Waals surface area contributed by atoms with Gasteiger partial charge in [0.25, 0.3) is 0 Å². The summed E-state index contributed by atoms with van der Waals surface area (Å²) in [6.07, 6.45) is 0. The maximum Gasteiger partial charge on any atom is 0.218 e. The second kappa shape index (κ2) is 4.96. The highest BCUT2D eigenvalue weighted by Crippen LogP contribution is 2.16. The molecule has 1 aromatic rings. The molecule has 2 N–H and O–H groups in total. The number of nitrogen functional groups attached to an aromatic ring is 1. The SMILES string of the molecule is CC(C)COc1cc(N)nc(C(C)C)n1. The van der Waals surface area contributed by atoms with Gasteiger partial charge in [-0.05, 0) is 5.92 Å². The predicted octanol–water partition coefficient (Wildman–Crippen LogP) is 2.22. The van der Waals surface area contributed by atoms with Crippen LogP contribution in [0.5, 0.6) is 5.88 Å². The zero-order valence-corrected chi connectivity index (χ0v) is 9.82. The standard InChI is InChI=1S/C11H19N3O/c1-7(2)6-15-10-5-9(12)13-11(14-10)8(3)4/h5,7-8H,6H2,1-4H3,(H2,12,13,14). The Labute approximate surface area is 90.9 Å². The molecule has 0 spiro atoms. The van der Waals surface area contributed by atoms with Crippen molar-refractivity contribution in [2.75, 3.05) is 12.3 Å². The van der Waals surface area contributed by atoms with Gasteiger partial charge in [-0.25, -0.2) is 4.98 Å². The normalized spacial score (nSPS) is 11.1. The first-order valence-electron chi connectivity index (χ1n) is 5.26. The van der Waals surface area contributed by atoms with Crippen molar-refractivity contribution in [1.82, 2.24) is 9.97 Å². The lowest BCUT2D eigenvalue weighted by Crippen LogP contribution is -2.09. The molecule has 0 radical (unpaired) electrons. The largest absolute Gasteiger partial charge is 0.477 e. The topological polar surface area (TPSA) is 61.0 Å². The fraction of sp³-hybridized carbons (Fsp3) is 0.636. The van der Waals surface area contributed by atoms with Crippen LogP contribution in [-0.2, 0) is 0 Å². The minimum atomic E-state index is 0.259. The van der Waals surface area contributed by atoms with Crippen molar-refractivity contribution >= 4 is 5.82 Å². The van der Waals surface area contributed by atoms with Crippen LogP contribution in [0.15, 0.2) is 6.07 Å². The Hall–Kier alpha value is -1.32. The second-order valence-electron chi connectivity index (χ2n) is 4.35. The third-order valence-corrected chi connectivity index (χ3v) is 1.82. The average Bonchev–Trinajstić information content (AvgIpc) is 2.13. The third kappa shape index (κ3) is 3.73. The van der Waals surface area contributed by atoms with E-state index in [4.69, 9.17) is 10.5 Å². The van der Waals surface area contributed by atoms with Gasteiger partial charge in [0.1, 0.15) is 11.6 Å². The van der Waals surface area contributed by atoms with Crippen molar-refractivity contribution in [1.29, 1.82) is 0 Å². The molecule has 4 nitrogen and oxygen atoms in total. The molecule has 4 heteroatoms. The molecule has 0 atom stereocenters. The molecule has 1 aromatic heterocycles. The van der Waals surface area contributed by atoms with E-state index in [0.29, 0.717) is 24.2 Å². The molecule has 0 aliphatic heterocycles.